The molecule has 6 nitrogen and oxygen atoms in total. The number of rotatable bonds is 9. The van der Waals surface area contributed by atoms with E-state index >= 15 is 0 Å². The first kappa shape index (κ1) is 20.9. The molecular weight excluding hydrogens is 342 g/mol. The van der Waals surface area contributed by atoms with Gasteiger partial charge in [-0.25, -0.2) is 0 Å². The molecule has 1 amide bonds. The highest BCUT2D eigenvalue weighted by Gasteiger charge is 2.20. The molecule has 1 heterocycles. The Bertz CT molecular complexity index is 715. The summed E-state index contributed by atoms with van der Waals surface area (Å²) in [6, 6.07) is 8.07. The fourth-order valence-corrected chi connectivity index (χ4v) is 2.46. The number of amides is 1. The maximum Gasteiger partial charge on any atom is 0.226 e. The highest BCUT2D eigenvalue weighted by molar-refractivity contribution is 5.75. The van der Waals surface area contributed by atoms with Gasteiger partial charge in [0.25, 0.3) is 0 Å². The summed E-state index contributed by atoms with van der Waals surface area (Å²) in [6.45, 7) is 11.4. The fourth-order valence-electron chi connectivity index (χ4n) is 2.46. The van der Waals surface area contributed by atoms with E-state index in [4.69, 9.17) is 9.26 Å². The van der Waals surface area contributed by atoms with Gasteiger partial charge in [0.15, 0.2) is 5.82 Å². The van der Waals surface area contributed by atoms with Crippen LogP contribution in [-0.2, 0) is 16.6 Å². The van der Waals surface area contributed by atoms with Gasteiger partial charge in [0, 0.05) is 18.3 Å². The molecule has 0 saturated heterocycles. The largest absolute Gasteiger partial charge is 0.492 e. The Kier molecular flexibility index (Phi) is 7.39. The Morgan fingerprint density at radius 2 is 1.93 bits per heavy atom. The Labute approximate surface area is 161 Å². The van der Waals surface area contributed by atoms with E-state index in [9.17, 15) is 4.79 Å². The monoisotopic (exact) mass is 373 g/mol. The summed E-state index contributed by atoms with van der Waals surface area (Å²) in [5, 5.41) is 6.85. The van der Waals surface area contributed by atoms with Crippen molar-refractivity contribution in [3.63, 3.8) is 0 Å². The van der Waals surface area contributed by atoms with Crippen molar-refractivity contribution in [2.75, 3.05) is 13.2 Å². The van der Waals surface area contributed by atoms with Crippen molar-refractivity contribution >= 4 is 5.91 Å². The molecule has 148 valence electrons. The van der Waals surface area contributed by atoms with Crippen LogP contribution in [-0.4, -0.2) is 29.2 Å². The minimum atomic E-state index is -0.131. The van der Waals surface area contributed by atoms with E-state index in [1.165, 1.54) is 5.56 Å². The number of nitrogens with zero attached hydrogens (tertiary/aromatic N) is 2. The number of nitrogens with one attached hydrogen (secondary N) is 1. The highest BCUT2D eigenvalue weighted by Crippen LogP contribution is 2.19. The van der Waals surface area contributed by atoms with Gasteiger partial charge in [0.1, 0.15) is 12.4 Å². The van der Waals surface area contributed by atoms with Gasteiger partial charge in [-0.1, -0.05) is 51.9 Å². The zero-order valence-electron chi connectivity index (χ0n) is 17.0. The Morgan fingerprint density at radius 1 is 1.22 bits per heavy atom. The van der Waals surface area contributed by atoms with Crippen LogP contribution in [0.25, 0.3) is 0 Å². The summed E-state index contributed by atoms with van der Waals surface area (Å²) in [5.41, 5.74) is 1.15. The molecule has 0 aliphatic carbocycles. The van der Waals surface area contributed by atoms with Crippen molar-refractivity contribution < 1.29 is 14.1 Å². The molecule has 0 spiro atoms. The molecule has 0 fully saturated rings. The third kappa shape index (κ3) is 7.04. The molecule has 1 N–H and O–H groups in total. The van der Waals surface area contributed by atoms with E-state index in [1.54, 1.807) is 0 Å². The van der Waals surface area contributed by atoms with Crippen LogP contribution in [0, 0.1) is 0 Å². The second-order valence-electron chi connectivity index (χ2n) is 8.04. The van der Waals surface area contributed by atoms with Crippen molar-refractivity contribution in [1.29, 1.82) is 0 Å². The quantitative estimate of drug-likeness (QED) is 0.672. The Morgan fingerprint density at radius 3 is 2.52 bits per heavy atom. The van der Waals surface area contributed by atoms with Crippen molar-refractivity contribution in [2.45, 2.75) is 65.2 Å². The lowest BCUT2D eigenvalue weighted by Gasteiger charge is -2.10. The molecule has 0 bridgehead atoms. The van der Waals surface area contributed by atoms with Gasteiger partial charge in [-0.3, -0.25) is 4.79 Å². The van der Waals surface area contributed by atoms with Crippen molar-refractivity contribution in [1.82, 2.24) is 15.5 Å². The molecule has 6 heteroatoms. The summed E-state index contributed by atoms with van der Waals surface area (Å²) >= 11 is 0. The van der Waals surface area contributed by atoms with Crippen LogP contribution in [0.3, 0.4) is 0 Å². The first-order valence-corrected chi connectivity index (χ1v) is 9.58. The molecule has 2 rings (SSSR count). The molecule has 2 aromatic rings. The van der Waals surface area contributed by atoms with Crippen molar-refractivity contribution in [3.8, 4) is 5.75 Å². The number of carbonyl (C=O) groups excluding carboxylic acids is 1. The number of benzene rings is 1. The molecule has 0 saturated carbocycles. The second-order valence-corrected chi connectivity index (χ2v) is 8.04. The number of hydrogen-bond donors (Lipinski definition) is 1. The van der Waals surface area contributed by atoms with Crippen LogP contribution in [0.1, 0.15) is 70.7 Å². The minimum Gasteiger partial charge on any atom is -0.492 e. The van der Waals surface area contributed by atoms with Gasteiger partial charge in [-0.2, -0.15) is 4.98 Å². The van der Waals surface area contributed by atoms with Crippen molar-refractivity contribution in [3.05, 3.63) is 41.5 Å². The van der Waals surface area contributed by atoms with E-state index < -0.39 is 0 Å². The van der Waals surface area contributed by atoms with E-state index in [2.05, 4.69) is 41.4 Å². The van der Waals surface area contributed by atoms with E-state index in [1.807, 2.05) is 32.9 Å². The van der Waals surface area contributed by atoms with Crippen LogP contribution in [0.5, 0.6) is 5.75 Å². The molecule has 0 aliphatic rings. The van der Waals surface area contributed by atoms with Crippen LogP contribution >= 0.6 is 0 Å². The maximum absolute atomic E-state index is 11.9. The average molecular weight is 373 g/mol. The highest BCUT2D eigenvalue weighted by atomic mass is 16.5. The van der Waals surface area contributed by atoms with Crippen molar-refractivity contribution in [2.24, 2.45) is 0 Å². The molecule has 0 radical (unpaired) electrons. The number of hydrogen-bond acceptors (Lipinski definition) is 5. The summed E-state index contributed by atoms with van der Waals surface area (Å²) in [4.78, 5) is 16.3. The third-order valence-electron chi connectivity index (χ3n) is 4.17. The predicted octanol–water partition coefficient (Wildman–Crippen LogP) is 4.01. The SMILES string of the molecule is CC(C)c1ccc(OCCNC(=O)CCCc2nc(C(C)(C)C)no2)cc1. The zero-order valence-corrected chi connectivity index (χ0v) is 17.0. The fraction of sp³-hybridized carbons (Fsp3) is 0.571. The minimum absolute atomic E-state index is 0.00400. The van der Waals surface area contributed by atoms with E-state index in [0.717, 1.165) is 5.75 Å². The molecule has 1 aromatic heterocycles. The van der Waals surface area contributed by atoms with Gasteiger partial charge in [0.2, 0.25) is 11.8 Å². The van der Waals surface area contributed by atoms with Gasteiger partial charge in [-0.05, 0) is 30.0 Å². The summed E-state index contributed by atoms with van der Waals surface area (Å²) in [5.74, 6) is 2.61. The first-order chi connectivity index (χ1) is 12.8. The number of aryl methyl sites for hydroxylation is 1. The van der Waals surface area contributed by atoms with Crippen LogP contribution in [0.4, 0.5) is 0 Å². The van der Waals surface area contributed by atoms with Gasteiger partial charge >= 0.3 is 0 Å². The van der Waals surface area contributed by atoms with Crippen LogP contribution < -0.4 is 10.1 Å². The topological polar surface area (TPSA) is 77.2 Å². The van der Waals surface area contributed by atoms with Gasteiger partial charge in [-0.15, -0.1) is 0 Å². The third-order valence-corrected chi connectivity index (χ3v) is 4.17. The lowest BCUT2D eigenvalue weighted by Crippen LogP contribution is -2.27. The summed E-state index contributed by atoms with van der Waals surface area (Å²) in [6.07, 6.45) is 1.71. The molecular formula is C21H31N3O3. The van der Waals surface area contributed by atoms with Crippen LogP contribution in [0.15, 0.2) is 28.8 Å². The lowest BCUT2D eigenvalue weighted by atomic mass is 9.96. The standard InChI is InChI=1S/C21H31N3O3/c1-15(2)16-9-11-17(12-10-16)26-14-13-22-18(25)7-6-8-19-23-20(24-27-19)21(3,4)5/h9-12,15H,6-8,13-14H2,1-5H3,(H,22,25). The number of aromatic nitrogens is 2. The second kappa shape index (κ2) is 9.53. The molecule has 1 aromatic carbocycles. The maximum atomic E-state index is 11.9. The molecule has 0 atom stereocenters. The summed E-state index contributed by atoms with van der Waals surface area (Å²) in [7, 11) is 0. The molecule has 0 unspecified atom stereocenters. The lowest BCUT2D eigenvalue weighted by molar-refractivity contribution is -0.121. The Hall–Kier alpha value is -2.37. The number of ether oxygens (including phenoxy) is 1. The van der Waals surface area contributed by atoms with E-state index in [-0.39, 0.29) is 11.3 Å². The molecule has 27 heavy (non-hydrogen) atoms. The summed E-state index contributed by atoms with van der Waals surface area (Å²) < 4.78 is 10.9. The first-order valence-electron chi connectivity index (χ1n) is 9.58. The Balaban J connectivity index is 1.60. The van der Waals surface area contributed by atoms with Gasteiger partial charge in [0.05, 0.1) is 6.54 Å². The smallest absolute Gasteiger partial charge is 0.226 e. The predicted molar refractivity (Wildman–Crippen MR) is 105 cm³/mol. The zero-order chi connectivity index (χ0) is 19.9. The average Bonchev–Trinajstić information content (AvgIpc) is 3.08. The van der Waals surface area contributed by atoms with E-state index in [0.29, 0.717) is 50.0 Å². The van der Waals surface area contributed by atoms with Gasteiger partial charge < -0.3 is 14.6 Å². The normalized spacial score (nSPS) is 11.6. The van der Waals surface area contributed by atoms with Crippen LogP contribution in [0.2, 0.25) is 0 Å². The molecule has 0 aliphatic heterocycles. The number of carbonyl (C=O) groups is 1.